The first-order valence-corrected chi connectivity index (χ1v) is 8.07. The molecule has 0 amide bonds. The van der Waals surface area contributed by atoms with Crippen LogP contribution in [0.3, 0.4) is 0 Å². The number of phenolic OH excluding ortho intramolecular Hbond substituents is 1. The summed E-state index contributed by atoms with van der Waals surface area (Å²) in [6, 6.07) is 13.6. The van der Waals surface area contributed by atoms with Crippen molar-refractivity contribution in [2.24, 2.45) is 0 Å². The minimum atomic E-state index is -0.574. The smallest absolute Gasteiger partial charge is 0.150 e. The minimum Gasteiger partial charge on any atom is -0.508 e. The zero-order chi connectivity index (χ0) is 18.4. The number of aromatic hydroxyl groups is 1. The maximum Gasteiger partial charge on any atom is 0.150 e. The van der Waals surface area contributed by atoms with Crippen LogP contribution < -0.4 is 0 Å². The molecule has 4 aromatic rings. The Labute approximate surface area is 148 Å². The Morgan fingerprint density at radius 3 is 2.62 bits per heavy atom. The van der Waals surface area contributed by atoms with Gasteiger partial charge in [0.1, 0.15) is 11.8 Å². The summed E-state index contributed by atoms with van der Waals surface area (Å²) in [5, 5.41) is 27.3. The lowest BCUT2D eigenvalue weighted by Gasteiger charge is -2.13. The third kappa shape index (κ3) is 2.18. The molecule has 0 unspecified atom stereocenters. The Kier molecular flexibility index (Phi) is 3.51. The first-order chi connectivity index (χ1) is 12.5. The van der Waals surface area contributed by atoms with Gasteiger partial charge in [-0.05, 0) is 32.0 Å². The predicted molar refractivity (Wildman–Crippen MR) is 96.7 cm³/mol. The highest BCUT2D eigenvalue weighted by molar-refractivity contribution is 5.97. The summed E-state index contributed by atoms with van der Waals surface area (Å²) in [7, 11) is 0. The minimum absolute atomic E-state index is 0.152. The topological polar surface area (TPSA) is 77.6 Å². The third-order valence-electron chi connectivity index (χ3n) is 4.52. The lowest BCUT2D eigenvalue weighted by atomic mass is 10.0. The quantitative estimate of drug-likeness (QED) is 0.566. The molecule has 5 nitrogen and oxygen atoms in total. The zero-order valence-electron chi connectivity index (χ0n) is 14.2. The van der Waals surface area contributed by atoms with Crippen LogP contribution in [0.4, 0.5) is 4.39 Å². The van der Waals surface area contributed by atoms with Crippen LogP contribution in [-0.2, 0) is 0 Å². The van der Waals surface area contributed by atoms with Gasteiger partial charge < -0.3 is 9.67 Å². The van der Waals surface area contributed by atoms with E-state index in [0.29, 0.717) is 16.8 Å². The second-order valence-corrected chi connectivity index (χ2v) is 6.13. The average Bonchev–Trinajstić information content (AvgIpc) is 3.11. The number of aromatic amines is 1. The molecule has 4 rings (SSSR count). The molecule has 0 saturated heterocycles. The van der Waals surface area contributed by atoms with Gasteiger partial charge in [0.15, 0.2) is 5.82 Å². The van der Waals surface area contributed by atoms with E-state index in [-0.39, 0.29) is 11.4 Å². The summed E-state index contributed by atoms with van der Waals surface area (Å²) in [6.07, 6.45) is 0. The first-order valence-electron chi connectivity index (χ1n) is 8.07. The second kappa shape index (κ2) is 5.74. The Balaban J connectivity index is 2.22. The first kappa shape index (κ1) is 15.9. The standard InChI is InChI=1S/C20H15FN4O/c1-11-19(12(2)24-23-11)20-15(10-22)14-5-3-4-6-17(14)25(20)18-8-7-13(26)9-16(18)21/h3-9,26H,1-2H3,(H,23,24). The summed E-state index contributed by atoms with van der Waals surface area (Å²) < 4.78 is 16.4. The molecule has 0 aliphatic carbocycles. The molecular weight excluding hydrogens is 331 g/mol. The van der Waals surface area contributed by atoms with E-state index in [1.54, 1.807) is 4.57 Å². The molecule has 2 aromatic heterocycles. The van der Waals surface area contributed by atoms with Gasteiger partial charge in [0.2, 0.25) is 0 Å². The van der Waals surface area contributed by atoms with Crippen molar-refractivity contribution in [3.05, 3.63) is 65.2 Å². The normalized spacial score (nSPS) is 11.0. The van der Waals surface area contributed by atoms with Gasteiger partial charge in [-0.2, -0.15) is 10.4 Å². The number of para-hydroxylation sites is 1. The SMILES string of the molecule is Cc1n[nH]c(C)c1-c1c(C#N)c2ccccc2n1-c1ccc(O)cc1F. The van der Waals surface area contributed by atoms with Crippen LogP contribution in [0.1, 0.15) is 17.0 Å². The molecule has 0 aliphatic rings. The Bertz CT molecular complexity index is 1180. The zero-order valence-corrected chi connectivity index (χ0v) is 14.2. The van der Waals surface area contributed by atoms with E-state index < -0.39 is 5.82 Å². The summed E-state index contributed by atoms with van der Waals surface area (Å²) >= 11 is 0. The van der Waals surface area contributed by atoms with Crippen LogP contribution in [0.15, 0.2) is 42.5 Å². The molecule has 0 fully saturated rings. The number of rotatable bonds is 2. The maximum absolute atomic E-state index is 14.7. The Hall–Kier alpha value is -3.59. The predicted octanol–water partition coefficient (Wildman–Crippen LogP) is 4.35. The van der Waals surface area contributed by atoms with Gasteiger partial charge in [-0.25, -0.2) is 4.39 Å². The molecule has 2 heterocycles. The molecule has 6 heteroatoms. The molecule has 26 heavy (non-hydrogen) atoms. The lowest BCUT2D eigenvalue weighted by Crippen LogP contribution is -2.01. The molecule has 0 spiro atoms. The molecule has 0 aliphatic heterocycles. The van der Waals surface area contributed by atoms with E-state index in [1.165, 1.54) is 12.1 Å². The molecule has 0 bridgehead atoms. The van der Waals surface area contributed by atoms with E-state index in [1.807, 2.05) is 38.1 Å². The van der Waals surface area contributed by atoms with Crippen LogP contribution >= 0.6 is 0 Å². The van der Waals surface area contributed by atoms with Crippen molar-refractivity contribution in [3.63, 3.8) is 0 Å². The molecule has 0 saturated carbocycles. The monoisotopic (exact) mass is 346 g/mol. The van der Waals surface area contributed by atoms with Gasteiger partial charge in [-0.15, -0.1) is 0 Å². The van der Waals surface area contributed by atoms with Gasteiger partial charge in [0.25, 0.3) is 0 Å². The highest BCUT2D eigenvalue weighted by Crippen LogP contribution is 2.39. The van der Waals surface area contributed by atoms with Crippen molar-refractivity contribution in [1.82, 2.24) is 14.8 Å². The molecule has 0 atom stereocenters. The number of halogens is 1. The fourth-order valence-corrected chi connectivity index (χ4v) is 3.42. The van der Waals surface area contributed by atoms with Crippen LogP contribution in [-0.4, -0.2) is 19.9 Å². The van der Waals surface area contributed by atoms with Crippen molar-refractivity contribution in [3.8, 4) is 28.8 Å². The van der Waals surface area contributed by atoms with Crippen LogP contribution in [0, 0.1) is 31.0 Å². The van der Waals surface area contributed by atoms with E-state index in [2.05, 4.69) is 16.3 Å². The molecule has 2 aromatic carbocycles. The van der Waals surface area contributed by atoms with Crippen LogP contribution in [0.5, 0.6) is 5.75 Å². The Morgan fingerprint density at radius 2 is 1.96 bits per heavy atom. The number of nitrogens with one attached hydrogen (secondary N) is 1. The number of hydrogen-bond donors (Lipinski definition) is 2. The fraction of sp³-hybridized carbons (Fsp3) is 0.100. The summed E-state index contributed by atoms with van der Waals surface area (Å²) in [4.78, 5) is 0. The number of benzene rings is 2. The van der Waals surface area contributed by atoms with E-state index in [4.69, 9.17) is 0 Å². The number of phenols is 1. The Morgan fingerprint density at radius 1 is 1.19 bits per heavy atom. The molecule has 128 valence electrons. The number of aromatic nitrogens is 3. The van der Waals surface area contributed by atoms with Crippen LogP contribution in [0.25, 0.3) is 27.8 Å². The number of hydrogen-bond acceptors (Lipinski definition) is 3. The number of fused-ring (bicyclic) bond motifs is 1. The van der Waals surface area contributed by atoms with Gasteiger partial charge in [-0.3, -0.25) is 5.10 Å². The van der Waals surface area contributed by atoms with Crippen molar-refractivity contribution >= 4 is 10.9 Å². The van der Waals surface area contributed by atoms with E-state index >= 15 is 0 Å². The molecule has 2 N–H and O–H groups in total. The van der Waals surface area contributed by atoms with Crippen molar-refractivity contribution in [2.45, 2.75) is 13.8 Å². The number of aryl methyl sites for hydroxylation is 2. The third-order valence-corrected chi connectivity index (χ3v) is 4.52. The maximum atomic E-state index is 14.7. The van der Waals surface area contributed by atoms with Gasteiger partial charge in [0.05, 0.1) is 28.2 Å². The summed E-state index contributed by atoms with van der Waals surface area (Å²) in [5.41, 5.74) is 4.30. The molecule has 0 radical (unpaired) electrons. The molecular formula is C20H15FN4O. The summed E-state index contributed by atoms with van der Waals surface area (Å²) in [6.45, 7) is 3.71. The van der Waals surface area contributed by atoms with Crippen molar-refractivity contribution in [2.75, 3.05) is 0 Å². The van der Waals surface area contributed by atoms with E-state index in [0.717, 1.165) is 28.4 Å². The van der Waals surface area contributed by atoms with E-state index in [9.17, 15) is 14.8 Å². The lowest BCUT2D eigenvalue weighted by molar-refractivity contribution is 0.468. The number of H-pyrrole nitrogens is 1. The van der Waals surface area contributed by atoms with Crippen LogP contribution in [0.2, 0.25) is 0 Å². The van der Waals surface area contributed by atoms with Crippen molar-refractivity contribution in [1.29, 1.82) is 5.26 Å². The van der Waals surface area contributed by atoms with Gasteiger partial charge >= 0.3 is 0 Å². The van der Waals surface area contributed by atoms with Gasteiger partial charge in [-0.1, -0.05) is 18.2 Å². The second-order valence-electron chi connectivity index (χ2n) is 6.13. The highest BCUT2D eigenvalue weighted by atomic mass is 19.1. The number of nitrogens with zero attached hydrogens (tertiary/aromatic N) is 3. The van der Waals surface area contributed by atoms with Crippen molar-refractivity contribution < 1.29 is 9.50 Å². The fourth-order valence-electron chi connectivity index (χ4n) is 3.42. The number of nitriles is 1. The summed E-state index contributed by atoms with van der Waals surface area (Å²) in [5.74, 6) is -0.726. The largest absolute Gasteiger partial charge is 0.508 e. The van der Waals surface area contributed by atoms with Gasteiger partial charge in [0, 0.05) is 22.7 Å². The highest BCUT2D eigenvalue weighted by Gasteiger charge is 2.24. The average molecular weight is 346 g/mol.